The average molecular weight is 333 g/mol. The molecule has 1 aliphatic heterocycles. The fourth-order valence-corrected chi connectivity index (χ4v) is 3.31. The van der Waals surface area contributed by atoms with Gasteiger partial charge in [-0.3, -0.25) is 9.59 Å². The number of nitrogens with zero attached hydrogens (tertiary/aromatic N) is 2. The second-order valence-electron chi connectivity index (χ2n) is 5.37. The second kappa shape index (κ2) is 7.49. The van der Waals surface area contributed by atoms with Crippen LogP contribution in [0.5, 0.6) is 0 Å². The van der Waals surface area contributed by atoms with Crippen LogP contribution in [0.3, 0.4) is 0 Å². The van der Waals surface area contributed by atoms with Gasteiger partial charge in [-0.15, -0.1) is 11.3 Å². The van der Waals surface area contributed by atoms with Crippen molar-refractivity contribution in [2.24, 2.45) is 0 Å². The number of aryl methyl sites for hydroxylation is 1. The minimum Gasteiger partial charge on any atom is -0.355 e. The van der Waals surface area contributed by atoms with Crippen LogP contribution in [0.15, 0.2) is 40.6 Å². The topological polar surface area (TPSA) is 88.0 Å². The smallest absolute Gasteiger partial charge is 0.266 e. The van der Waals surface area contributed by atoms with E-state index < -0.39 is 0 Å². The van der Waals surface area contributed by atoms with Gasteiger partial charge in [0.15, 0.2) is 0 Å². The summed E-state index contributed by atoms with van der Waals surface area (Å²) in [7, 11) is 0. The number of hydrazine groups is 1. The summed E-state index contributed by atoms with van der Waals surface area (Å²) >= 11 is 1.68. The molecule has 1 fully saturated rings. The summed E-state index contributed by atoms with van der Waals surface area (Å²) in [5.74, 6) is -0.0232. The van der Waals surface area contributed by atoms with Crippen LogP contribution in [-0.2, 0) is 11.3 Å². The minimum atomic E-state index is -0.236. The zero-order chi connectivity index (χ0) is 16.1. The molecule has 0 aromatic carbocycles. The van der Waals surface area contributed by atoms with Gasteiger partial charge in [0.25, 0.3) is 5.56 Å². The predicted octanol–water partition coefficient (Wildman–Crippen LogP) is 0.419. The van der Waals surface area contributed by atoms with Gasteiger partial charge in [-0.05, 0) is 30.4 Å². The first-order valence-electron chi connectivity index (χ1n) is 7.58. The lowest BCUT2D eigenvalue weighted by Crippen LogP contribution is -2.43. The molecule has 7 nitrogen and oxygen atoms in total. The molecular formula is C15H19N5O2S. The molecule has 2 aromatic heterocycles. The van der Waals surface area contributed by atoms with E-state index >= 15 is 0 Å². The maximum atomic E-state index is 12.1. The highest BCUT2D eigenvalue weighted by atomic mass is 32.1. The molecule has 0 spiro atoms. The van der Waals surface area contributed by atoms with E-state index in [1.807, 2.05) is 11.4 Å². The predicted molar refractivity (Wildman–Crippen MR) is 87.9 cm³/mol. The van der Waals surface area contributed by atoms with Crippen LogP contribution >= 0.6 is 11.3 Å². The minimum absolute atomic E-state index is 0.0232. The van der Waals surface area contributed by atoms with E-state index in [1.165, 1.54) is 15.6 Å². The molecule has 8 heteroatoms. The van der Waals surface area contributed by atoms with E-state index in [9.17, 15) is 9.59 Å². The van der Waals surface area contributed by atoms with Gasteiger partial charge in [0.05, 0.1) is 6.04 Å². The van der Waals surface area contributed by atoms with Crippen molar-refractivity contribution in [2.45, 2.75) is 31.5 Å². The quantitative estimate of drug-likeness (QED) is 0.667. The van der Waals surface area contributed by atoms with E-state index in [0.717, 1.165) is 6.42 Å². The molecule has 0 aliphatic carbocycles. The van der Waals surface area contributed by atoms with E-state index in [4.69, 9.17) is 0 Å². The van der Waals surface area contributed by atoms with Gasteiger partial charge in [-0.2, -0.15) is 5.10 Å². The summed E-state index contributed by atoms with van der Waals surface area (Å²) in [6, 6.07) is 7.11. The number of aromatic nitrogens is 2. The lowest BCUT2D eigenvalue weighted by Gasteiger charge is -2.10. The number of hydrogen-bond acceptors (Lipinski definition) is 6. The summed E-state index contributed by atoms with van der Waals surface area (Å²) in [5, 5.41) is 8.91. The summed E-state index contributed by atoms with van der Waals surface area (Å²) in [5.41, 5.74) is 6.07. The molecule has 0 saturated carbocycles. The molecule has 3 rings (SSSR count). The van der Waals surface area contributed by atoms with Crippen LogP contribution in [-0.4, -0.2) is 28.3 Å². The van der Waals surface area contributed by atoms with Gasteiger partial charge in [0.1, 0.15) is 6.04 Å². The Balaban J connectivity index is 1.40. The first kappa shape index (κ1) is 15.9. The molecule has 122 valence electrons. The Morgan fingerprint density at radius 3 is 3.09 bits per heavy atom. The van der Waals surface area contributed by atoms with E-state index in [1.54, 1.807) is 23.6 Å². The van der Waals surface area contributed by atoms with Crippen LogP contribution in [0, 0.1) is 0 Å². The highest BCUT2D eigenvalue weighted by Crippen LogP contribution is 2.25. The van der Waals surface area contributed by atoms with Crippen LogP contribution in [0.25, 0.3) is 0 Å². The number of amides is 1. The highest BCUT2D eigenvalue weighted by Gasteiger charge is 2.30. The van der Waals surface area contributed by atoms with E-state index in [2.05, 4.69) is 27.3 Å². The summed E-state index contributed by atoms with van der Waals surface area (Å²) in [6.45, 7) is 1.01. The summed E-state index contributed by atoms with van der Waals surface area (Å²) in [6.07, 6.45) is 2.97. The molecule has 1 aliphatic rings. The summed E-state index contributed by atoms with van der Waals surface area (Å²) < 4.78 is 1.40. The van der Waals surface area contributed by atoms with Crippen molar-refractivity contribution >= 4 is 17.2 Å². The zero-order valence-corrected chi connectivity index (χ0v) is 13.4. The lowest BCUT2D eigenvalue weighted by molar-refractivity contribution is -0.122. The second-order valence-corrected chi connectivity index (χ2v) is 6.35. The molecule has 23 heavy (non-hydrogen) atoms. The molecule has 1 saturated heterocycles. The number of carbonyl (C=O) groups is 1. The van der Waals surface area contributed by atoms with Crippen molar-refractivity contribution < 1.29 is 4.79 Å². The van der Waals surface area contributed by atoms with Crippen LogP contribution < -0.4 is 21.7 Å². The Morgan fingerprint density at radius 1 is 1.39 bits per heavy atom. The Labute approximate surface area is 137 Å². The SMILES string of the molecule is O=C(NCCCn1ncccc1=O)C1CC(c2cccs2)NN1. The molecule has 2 atom stereocenters. The fourth-order valence-electron chi connectivity index (χ4n) is 2.52. The fraction of sp³-hybridized carbons (Fsp3) is 0.400. The average Bonchev–Trinajstić information content (AvgIpc) is 3.23. The standard InChI is InChI=1S/C15H19N5O2S/c21-14-5-1-7-17-20(14)8-3-6-16-15(22)12-10-11(18-19-12)13-4-2-9-23-13/h1-2,4-5,7,9,11-12,18-19H,3,6,8,10H2,(H,16,22). The number of nitrogens with one attached hydrogen (secondary N) is 3. The molecule has 2 aromatic rings. The van der Waals surface area contributed by atoms with Crippen molar-refractivity contribution in [3.8, 4) is 0 Å². The van der Waals surface area contributed by atoms with Crippen LogP contribution in [0.2, 0.25) is 0 Å². The van der Waals surface area contributed by atoms with Crippen molar-refractivity contribution in [1.29, 1.82) is 0 Å². The van der Waals surface area contributed by atoms with Crippen molar-refractivity contribution in [1.82, 2.24) is 25.9 Å². The largest absolute Gasteiger partial charge is 0.355 e. The molecule has 0 radical (unpaired) electrons. The van der Waals surface area contributed by atoms with Crippen LogP contribution in [0.4, 0.5) is 0 Å². The third kappa shape index (κ3) is 4.04. The molecular weight excluding hydrogens is 314 g/mol. The van der Waals surface area contributed by atoms with Crippen LogP contribution in [0.1, 0.15) is 23.8 Å². The first-order chi connectivity index (χ1) is 11.2. The van der Waals surface area contributed by atoms with Gasteiger partial charge < -0.3 is 5.32 Å². The Hall–Kier alpha value is -2.03. The normalized spacial score (nSPS) is 20.5. The van der Waals surface area contributed by atoms with Crippen molar-refractivity contribution in [3.05, 3.63) is 51.1 Å². The first-order valence-corrected chi connectivity index (χ1v) is 8.46. The third-order valence-corrected chi connectivity index (χ3v) is 4.72. The number of thiophene rings is 1. The molecule has 3 N–H and O–H groups in total. The van der Waals surface area contributed by atoms with Gasteiger partial charge >= 0.3 is 0 Å². The zero-order valence-electron chi connectivity index (χ0n) is 12.6. The van der Waals surface area contributed by atoms with Crippen molar-refractivity contribution in [3.63, 3.8) is 0 Å². The molecule has 0 bridgehead atoms. The van der Waals surface area contributed by atoms with E-state index in [0.29, 0.717) is 19.5 Å². The highest BCUT2D eigenvalue weighted by molar-refractivity contribution is 7.10. The monoisotopic (exact) mass is 333 g/mol. The lowest BCUT2D eigenvalue weighted by atomic mass is 10.1. The van der Waals surface area contributed by atoms with Gasteiger partial charge in [-0.25, -0.2) is 15.5 Å². The maximum Gasteiger partial charge on any atom is 0.266 e. The number of hydrogen-bond donors (Lipinski definition) is 3. The Morgan fingerprint density at radius 2 is 2.30 bits per heavy atom. The van der Waals surface area contributed by atoms with Gasteiger partial charge in [-0.1, -0.05) is 6.07 Å². The molecule has 1 amide bonds. The number of rotatable bonds is 6. The Kier molecular flexibility index (Phi) is 5.16. The molecule has 2 unspecified atom stereocenters. The number of carbonyl (C=O) groups excluding carboxylic acids is 1. The van der Waals surface area contributed by atoms with Gasteiger partial charge in [0, 0.05) is 30.2 Å². The van der Waals surface area contributed by atoms with Crippen molar-refractivity contribution in [2.75, 3.05) is 6.54 Å². The van der Waals surface area contributed by atoms with Gasteiger partial charge in [0.2, 0.25) is 5.91 Å². The molecule has 3 heterocycles. The summed E-state index contributed by atoms with van der Waals surface area (Å²) in [4.78, 5) is 24.9. The third-order valence-electron chi connectivity index (χ3n) is 3.74. The maximum absolute atomic E-state index is 12.1. The Bertz CT molecular complexity index is 700. The van der Waals surface area contributed by atoms with E-state index in [-0.39, 0.29) is 23.6 Å².